The van der Waals surface area contributed by atoms with Crippen molar-refractivity contribution in [2.45, 2.75) is 25.3 Å². The van der Waals surface area contributed by atoms with Gasteiger partial charge in [0.05, 0.1) is 30.0 Å². The summed E-state index contributed by atoms with van der Waals surface area (Å²) in [6.45, 7) is 1.50. The van der Waals surface area contributed by atoms with Crippen LogP contribution in [0.25, 0.3) is 5.69 Å². The Balaban J connectivity index is 1.41. The molecular weight excluding hydrogens is 316 g/mol. The lowest BCUT2D eigenvalue weighted by atomic mass is 10.1. The van der Waals surface area contributed by atoms with Crippen molar-refractivity contribution in [1.29, 1.82) is 0 Å². The molecule has 25 heavy (non-hydrogen) atoms. The number of amides is 1. The fraction of sp³-hybridized carbons (Fsp3) is 0.333. The van der Waals surface area contributed by atoms with Gasteiger partial charge in [-0.15, -0.1) is 0 Å². The van der Waals surface area contributed by atoms with E-state index in [1.807, 2.05) is 52.2 Å². The molecule has 1 amide bonds. The van der Waals surface area contributed by atoms with Crippen molar-refractivity contribution in [2.24, 2.45) is 0 Å². The van der Waals surface area contributed by atoms with E-state index in [0.717, 1.165) is 25.1 Å². The van der Waals surface area contributed by atoms with E-state index in [1.54, 1.807) is 17.2 Å². The number of para-hydroxylation sites is 1. The predicted molar refractivity (Wildman–Crippen MR) is 92.1 cm³/mol. The Hall–Kier alpha value is -2.96. The van der Waals surface area contributed by atoms with Crippen LogP contribution in [0.2, 0.25) is 0 Å². The van der Waals surface area contributed by atoms with Gasteiger partial charge in [0.2, 0.25) is 5.91 Å². The van der Waals surface area contributed by atoms with Crippen LogP contribution in [0.1, 0.15) is 24.6 Å². The maximum absolute atomic E-state index is 12.6. The van der Waals surface area contributed by atoms with E-state index in [9.17, 15) is 4.79 Å². The average molecular weight is 336 g/mol. The van der Waals surface area contributed by atoms with Crippen molar-refractivity contribution in [3.05, 3.63) is 60.7 Å². The molecule has 1 saturated heterocycles. The molecule has 1 aliphatic heterocycles. The molecule has 1 atom stereocenters. The summed E-state index contributed by atoms with van der Waals surface area (Å²) in [5.41, 5.74) is 1.58. The third-order valence-corrected chi connectivity index (χ3v) is 4.51. The van der Waals surface area contributed by atoms with Crippen LogP contribution in [0.4, 0.5) is 0 Å². The maximum atomic E-state index is 12.6. The highest BCUT2D eigenvalue weighted by Gasteiger charge is 2.25. The Bertz CT molecular complexity index is 826. The van der Waals surface area contributed by atoms with E-state index < -0.39 is 0 Å². The zero-order valence-corrected chi connectivity index (χ0v) is 13.9. The number of benzene rings is 1. The highest BCUT2D eigenvalue weighted by molar-refractivity contribution is 5.78. The molecule has 0 unspecified atom stereocenters. The number of likely N-dealkylation sites (tertiary alicyclic amines) is 1. The molecule has 3 heterocycles. The van der Waals surface area contributed by atoms with Gasteiger partial charge in [0.25, 0.3) is 0 Å². The molecule has 1 aromatic carbocycles. The van der Waals surface area contributed by atoms with Gasteiger partial charge in [-0.1, -0.05) is 18.2 Å². The molecule has 4 rings (SSSR count). The Morgan fingerprint density at radius 2 is 2.04 bits per heavy atom. The minimum atomic E-state index is 0.0944. The summed E-state index contributed by atoms with van der Waals surface area (Å²) in [4.78, 5) is 16.1. The van der Waals surface area contributed by atoms with Gasteiger partial charge < -0.3 is 4.90 Å². The van der Waals surface area contributed by atoms with E-state index in [0.29, 0.717) is 12.2 Å². The molecule has 0 N–H and O–H groups in total. The molecule has 1 aliphatic rings. The monoisotopic (exact) mass is 336 g/mol. The SMILES string of the molecule is O=C(Cc1cnn(-c2ccccc2)n1)N1CCC[C@H](n2cccn2)C1. The molecule has 7 nitrogen and oxygen atoms in total. The summed E-state index contributed by atoms with van der Waals surface area (Å²) in [6.07, 6.45) is 7.73. The fourth-order valence-corrected chi connectivity index (χ4v) is 3.22. The molecule has 0 radical (unpaired) electrons. The Morgan fingerprint density at radius 1 is 1.16 bits per heavy atom. The van der Waals surface area contributed by atoms with E-state index in [-0.39, 0.29) is 18.4 Å². The molecular formula is C18H20N6O. The third kappa shape index (κ3) is 3.45. The number of hydrogen-bond donors (Lipinski definition) is 0. The minimum absolute atomic E-state index is 0.0944. The number of carbonyl (C=O) groups excluding carboxylic acids is 1. The smallest absolute Gasteiger partial charge is 0.228 e. The van der Waals surface area contributed by atoms with Crippen LogP contribution >= 0.6 is 0 Å². The second-order valence-corrected chi connectivity index (χ2v) is 6.26. The average Bonchev–Trinajstić information content (AvgIpc) is 3.35. The van der Waals surface area contributed by atoms with Crippen LogP contribution in [0, 0.1) is 0 Å². The quantitative estimate of drug-likeness (QED) is 0.729. The summed E-state index contributed by atoms with van der Waals surface area (Å²) in [7, 11) is 0. The summed E-state index contributed by atoms with van der Waals surface area (Å²) >= 11 is 0. The number of hydrogen-bond acceptors (Lipinski definition) is 4. The number of nitrogens with zero attached hydrogens (tertiary/aromatic N) is 6. The van der Waals surface area contributed by atoms with Crippen molar-refractivity contribution in [3.63, 3.8) is 0 Å². The normalized spacial score (nSPS) is 17.6. The molecule has 128 valence electrons. The maximum Gasteiger partial charge on any atom is 0.228 e. The lowest BCUT2D eigenvalue weighted by Gasteiger charge is -2.32. The van der Waals surface area contributed by atoms with Gasteiger partial charge in [0.1, 0.15) is 0 Å². The van der Waals surface area contributed by atoms with Gasteiger partial charge in [-0.2, -0.15) is 20.1 Å². The van der Waals surface area contributed by atoms with Gasteiger partial charge in [-0.3, -0.25) is 9.48 Å². The third-order valence-electron chi connectivity index (χ3n) is 4.51. The zero-order chi connectivity index (χ0) is 17.1. The van der Waals surface area contributed by atoms with Crippen molar-refractivity contribution in [1.82, 2.24) is 29.7 Å². The Kier molecular flexibility index (Phi) is 4.28. The summed E-state index contributed by atoms with van der Waals surface area (Å²) in [5.74, 6) is 0.0944. The van der Waals surface area contributed by atoms with E-state index in [1.165, 1.54) is 0 Å². The number of rotatable bonds is 4. The first kappa shape index (κ1) is 15.6. The lowest BCUT2D eigenvalue weighted by Crippen LogP contribution is -2.41. The molecule has 0 spiro atoms. The van der Waals surface area contributed by atoms with Gasteiger partial charge >= 0.3 is 0 Å². The van der Waals surface area contributed by atoms with Crippen molar-refractivity contribution in [2.75, 3.05) is 13.1 Å². The predicted octanol–water partition coefficient (Wildman–Crippen LogP) is 1.87. The van der Waals surface area contributed by atoms with Crippen LogP contribution in [0.5, 0.6) is 0 Å². The van der Waals surface area contributed by atoms with Gasteiger partial charge in [0, 0.05) is 25.5 Å². The van der Waals surface area contributed by atoms with E-state index >= 15 is 0 Å². The number of piperidine rings is 1. The zero-order valence-electron chi connectivity index (χ0n) is 13.9. The fourth-order valence-electron chi connectivity index (χ4n) is 3.22. The molecule has 1 fully saturated rings. The highest BCUT2D eigenvalue weighted by Crippen LogP contribution is 2.21. The van der Waals surface area contributed by atoms with Crippen LogP contribution in [-0.4, -0.2) is 48.7 Å². The number of carbonyl (C=O) groups is 1. The van der Waals surface area contributed by atoms with Gasteiger partial charge in [-0.05, 0) is 31.0 Å². The first-order chi connectivity index (χ1) is 12.3. The van der Waals surface area contributed by atoms with Crippen LogP contribution in [-0.2, 0) is 11.2 Å². The first-order valence-corrected chi connectivity index (χ1v) is 8.53. The topological polar surface area (TPSA) is 68.8 Å². The minimum Gasteiger partial charge on any atom is -0.340 e. The van der Waals surface area contributed by atoms with Crippen molar-refractivity contribution < 1.29 is 4.79 Å². The van der Waals surface area contributed by atoms with Gasteiger partial charge in [0.15, 0.2) is 0 Å². The Morgan fingerprint density at radius 3 is 2.84 bits per heavy atom. The Labute approximate surface area is 145 Å². The molecule has 2 aromatic heterocycles. The van der Waals surface area contributed by atoms with Crippen LogP contribution < -0.4 is 0 Å². The second kappa shape index (κ2) is 6.88. The van der Waals surface area contributed by atoms with Crippen LogP contribution in [0.3, 0.4) is 0 Å². The van der Waals surface area contributed by atoms with E-state index in [4.69, 9.17) is 0 Å². The highest BCUT2D eigenvalue weighted by atomic mass is 16.2. The van der Waals surface area contributed by atoms with E-state index in [2.05, 4.69) is 15.3 Å². The first-order valence-electron chi connectivity index (χ1n) is 8.53. The summed E-state index contributed by atoms with van der Waals surface area (Å²) in [6, 6.07) is 11.9. The lowest BCUT2D eigenvalue weighted by molar-refractivity contribution is -0.132. The molecule has 0 aliphatic carbocycles. The van der Waals surface area contributed by atoms with Crippen LogP contribution in [0.15, 0.2) is 55.0 Å². The molecule has 0 saturated carbocycles. The summed E-state index contributed by atoms with van der Waals surface area (Å²) < 4.78 is 1.95. The van der Waals surface area contributed by atoms with Crippen molar-refractivity contribution in [3.8, 4) is 5.69 Å². The molecule has 0 bridgehead atoms. The van der Waals surface area contributed by atoms with Gasteiger partial charge in [-0.25, -0.2) is 0 Å². The second-order valence-electron chi connectivity index (χ2n) is 6.26. The largest absolute Gasteiger partial charge is 0.340 e. The molecule has 7 heteroatoms. The molecule has 3 aromatic rings. The summed E-state index contributed by atoms with van der Waals surface area (Å²) in [5, 5.41) is 13.0. The number of aromatic nitrogens is 5. The van der Waals surface area contributed by atoms with Crippen molar-refractivity contribution >= 4 is 5.91 Å². The standard InChI is InChI=1S/C18H20N6O/c25-18(22-10-4-8-17(14-22)23-11-5-9-19-23)12-15-13-20-24(21-15)16-6-2-1-3-7-16/h1-3,5-7,9,11,13,17H,4,8,10,12,14H2/t17-/m0/s1.